The third-order valence-electron chi connectivity index (χ3n) is 0.768. The van der Waals surface area contributed by atoms with Crippen molar-refractivity contribution < 1.29 is 0 Å². The van der Waals surface area contributed by atoms with Gasteiger partial charge in [-0.2, -0.15) is 0 Å². The Morgan fingerprint density at radius 3 is 1.62 bits per heavy atom. The molecule has 0 aliphatic carbocycles. The summed E-state index contributed by atoms with van der Waals surface area (Å²) >= 11 is 0. The van der Waals surface area contributed by atoms with Crippen LogP contribution in [0.25, 0.3) is 0 Å². The fourth-order valence-corrected chi connectivity index (χ4v) is 0.520. The van der Waals surface area contributed by atoms with E-state index >= 15 is 0 Å². The van der Waals surface area contributed by atoms with Crippen LogP contribution in [0.2, 0.25) is 0 Å². The Bertz CT molecular complexity index is 80.6. The summed E-state index contributed by atoms with van der Waals surface area (Å²) < 4.78 is 0. The van der Waals surface area contributed by atoms with Gasteiger partial charge in [-0.05, 0) is 26.2 Å². The summed E-state index contributed by atoms with van der Waals surface area (Å²) in [7, 11) is 2.00. The van der Waals surface area contributed by atoms with Crippen LogP contribution < -0.4 is 0 Å². The van der Waals surface area contributed by atoms with Crippen molar-refractivity contribution in [1.29, 1.82) is 0 Å². The molecule has 0 saturated carbocycles. The molecule has 0 atom stereocenters. The number of hydrogen-bond donors (Lipinski definition) is 0. The summed E-state index contributed by atoms with van der Waals surface area (Å²) in [4.78, 5) is 2.00. The minimum Gasteiger partial charge on any atom is -0.358 e. The summed E-state index contributed by atoms with van der Waals surface area (Å²) in [6, 6.07) is 0. The maximum Gasteiger partial charge on any atom is 0.0106 e. The van der Waals surface area contributed by atoms with Crippen LogP contribution in [0.1, 0.15) is 13.8 Å². The molecule has 0 bridgehead atoms. The lowest BCUT2D eigenvalue weighted by atomic mass is 10.6. The van der Waals surface area contributed by atoms with Gasteiger partial charge in [-0.3, -0.25) is 0 Å². The van der Waals surface area contributed by atoms with Gasteiger partial charge in [0.2, 0.25) is 0 Å². The second-order valence-electron chi connectivity index (χ2n) is 1.63. The molecule has 0 aromatic carbocycles. The van der Waals surface area contributed by atoms with E-state index in [0.29, 0.717) is 0 Å². The molecule has 1 heteroatoms. The zero-order valence-electron chi connectivity index (χ0n) is 5.76. The van der Waals surface area contributed by atoms with E-state index in [0.717, 1.165) is 0 Å². The van der Waals surface area contributed by atoms with Gasteiger partial charge in [0.05, 0.1) is 0 Å². The van der Waals surface area contributed by atoms with Crippen molar-refractivity contribution in [3.8, 4) is 0 Å². The lowest BCUT2D eigenvalue weighted by molar-refractivity contribution is 0.624. The first-order valence-electron chi connectivity index (χ1n) is 2.78. The van der Waals surface area contributed by atoms with Gasteiger partial charge in [-0.1, -0.05) is 12.2 Å². The molecule has 0 rings (SSSR count). The zero-order chi connectivity index (χ0) is 6.41. The average molecular weight is 111 g/mol. The number of nitrogens with zero attached hydrogens (tertiary/aromatic N) is 1. The molecule has 0 aliphatic heterocycles. The molecule has 46 valence electrons. The van der Waals surface area contributed by atoms with Crippen molar-refractivity contribution >= 4 is 0 Å². The molecular weight excluding hydrogens is 98.1 g/mol. The highest BCUT2D eigenvalue weighted by Crippen LogP contribution is 1.83. The number of allylic oxidation sites excluding steroid dienone is 2. The quantitative estimate of drug-likeness (QED) is 0.526. The molecule has 0 fully saturated rings. The minimum atomic E-state index is 2.00. The van der Waals surface area contributed by atoms with Crippen LogP contribution in [0.3, 0.4) is 0 Å². The van der Waals surface area contributed by atoms with Crippen LogP contribution in [0.15, 0.2) is 24.6 Å². The molecule has 0 amide bonds. The highest BCUT2D eigenvalue weighted by Gasteiger charge is 1.73. The van der Waals surface area contributed by atoms with E-state index in [2.05, 4.69) is 0 Å². The van der Waals surface area contributed by atoms with Crippen molar-refractivity contribution in [1.82, 2.24) is 4.90 Å². The van der Waals surface area contributed by atoms with Crippen LogP contribution >= 0.6 is 0 Å². The molecule has 0 aliphatic rings. The van der Waals surface area contributed by atoms with E-state index in [1.165, 1.54) is 0 Å². The van der Waals surface area contributed by atoms with E-state index in [1.807, 2.05) is 50.3 Å². The van der Waals surface area contributed by atoms with Crippen LogP contribution in [-0.4, -0.2) is 11.9 Å². The SMILES string of the molecule is C/C=C\N(C)/C=C/C. The van der Waals surface area contributed by atoms with Crippen molar-refractivity contribution in [2.45, 2.75) is 13.8 Å². The summed E-state index contributed by atoms with van der Waals surface area (Å²) in [5.74, 6) is 0. The maximum atomic E-state index is 2.00. The minimum absolute atomic E-state index is 2.00. The highest BCUT2D eigenvalue weighted by molar-refractivity contribution is 4.85. The molecule has 0 saturated heterocycles. The molecular formula is C7H13N. The Balaban J connectivity index is 3.47. The first-order chi connectivity index (χ1) is 3.81. The van der Waals surface area contributed by atoms with Crippen LogP contribution in [-0.2, 0) is 0 Å². The van der Waals surface area contributed by atoms with Gasteiger partial charge in [0.25, 0.3) is 0 Å². The molecule has 0 radical (unpaired) electrons. The average Bonchev–Trinajstić information content (AvgIpc) is 1.68. The predicted octanol–water partition coefficient (Wildman–Crippen LogP) is 1.99. The topological polar surface area (TPSA) is 3.24 Å². The third-order valence-corrected chi connectivity index (χ3v) is 0.768. The van der Waals surface area contributed by atoms with E-state index < -0.39 is 0 Å². The summed E-state index contributed by atoms with van der Waals surface area (Å²) in [5, 5.41) is 0. The maximum absolute atomic E-state index is 2.00. The Morgan fingerprint density at radius 1 is 1.00 bits per heavy atom. The lowest BCUT2D eigenvalue weighted by Gasteiger charge is -2.03. The second-order valence-corrected chi connectivity index (χ2v) is 1.63. The largest absolute Gasteiger partial charge is 0.358 e. The fourth-order valence-electron chi connectivity index (χ4n) is 0.520. The van der Waals surface area contributed by atoms with Crippen LogP contribution in [0, 0.1) is 0 Å². The summed E-state index contributed by atoms with van der Waals surface area (Å²) in [5.41, 5.74) is 0. The monoisotopic (exact) mass is 111 g/mol. The molecule has 0 N–H and O–H groups in total. The number of rotatable bonds is 2. The standard InChI is InChI=1S/C7H13N/c1-4-6-8(3)7-5-2/h4-7H,1-3H3/b6-4-,7-5+. The Morgan fingerprint density at radius 2 is 1.38 bits per heavy atom. The molecule has 0 heterocycles. The molecule has 0 aromatic heterocycles. The van der Waals surface area contributed by atoms with Gasteiger partial charge in [0.15, 0.2) is 0 Å². The van der Waals surface area contributed by atoms with E-state index in [9.17, 15) is 0 Å². The smallest absolute Gasteiger partial charge is 0.0106 e. The second kappa shape index (κ2) is 4.44. The Hall–Kier alpha value is -0.720. The van der Waals surface area contributed by atoms with Crippen molar-refractivity contribution in [3.63, 3.8) is 0 Å². The lowest BCUT2D eigenvalue weighted by Crippen LogP contribution is -1.97. The third kappa shape index (κ3) is 3.47. The van der Waals surface area contributed by atoms with Crippen LogP contribution in [0.4, 0.5) is 0 Å². The van der Waals surface area contributed by atoms with Crippen molar-refractivity contribution in [2.24, 2.45) is 0 Å². The fraction of sp³-hybridized carbons (Fsp3) is 0.429. The van der Waals surface area contributed by atoms with E-state index in [1.54, 1.807) is 0 Å². The van der Waals surface area contributed by atoms with Gasteiger partial charge in [0, 0.05) is 7.05 Å². The van der Waals surface area contributed by atoms with Crippen LogP contribution in [0.5, 0.6) is 0 Å². The first-order valence-corrected chi connectivity index (χ1v) is 2.78. The predicted molar refractivity (Wildman–Crippen MR) is 37.4 cm³/mol. The number of hydrogen-bond acceptors (Lipinski definition) is 1. The van der Waals surface area contributed by atoms with Gasteiger partial charge < -0.3 is 4.90 Å². The molecule has 8 heavy (non-hydrogen) atoms. The highest BCUT2D eigenvalue weighted by atomic mass is 15.0. The van der Waals surface area contributed by atoms with Gasteiger partial charge in [-0.25, -0.2) is 0 Å². The molecule has 0 unspecified atom stereocenters. The summed E-state index contributed by atoms with van der Waals surface area (Å²) in [6.07, 6.45) is 8.00. The van der Waals surface area contributed by atoms with Crippen molar-refractivity contribution in [3.05, 3.63) is 24.6 Å². The molecule has 0 aromatic rings. The molecule has 1 nitrogen and oxygen atoms in total. The van der Waals surface area contributed by atoms with Gasteiger partial charge in [-0.15, -0.1) is 0 Å². The Kier molecular flexibility index (Phi) is 4.04. The Labute approximate surface area is 51.3 Å². The van der Waals surface area contributed by atoms with E-state index in [-0.39, 0.29) is 0 Å². The van der Waals surface area contributed by atoms with Gasteiger partial charge >= 0.3 is 0 Å². The molecule has 0 spiro atoms. The zero-order valence-corrected chi connectivity index (χ0v) is 5.76. The van der Waals surface area contributed by atoms with E-state index in [4.69, 9.17) is 0 Å². The van der Waals surface area contributed by atoms with Gasteiger partial charge in [0.1, 0.15) is 0 Å². The normalized spacial score (nSPS) is 11.4. The first kappa shape index (κ1) is 7.28. The summed E-state index contributed by atoms with van der Waals surface area (Å²) in [6.45, 7) is 4.00. The van der Waals surface area contributed by atoms with Crippen molar-refractivity contribution in [2.75, 3.05) is 7.05 Å².